The summed E-state index contributed by atoms with van der Waals surface area (Å²) in [6.45, 7) is 9.04. The first kappa shape index (κ1) is 24.6. The van der Waals surface area contributed by atoms with Crippen LogP contribution in [0.3, 0.4) is 0 Å². The van der Waals surface area contributed by atoms with Crippen LogP contribution in [0.2, 0.25) is 0 Å². The van der Waals surface area contributed by atoms with Gasteiger partial charge in [0.05, 0.1) is 6.10 Å². The van der Waals surface area contributed by atoms with E-state index < -0.39 is 12.3 Å². The molecule has 1 saturated heterocycles. The highest BCUT2D eigenvalue weighted by Gasteiger charge is 2.28. The van der Waals surface area contributed by atoms with E-state index in [0.29, 0.717) is 24.8 Å². The van der Waals surface area contributed by atoms with Crippen molar-refractivity contribution in [2.45, 2.75) is 96.5 Å². The lowest BCUT2D eigenvalue weighted by atomic mass is 9.84. The average molecular weight is 436 g/mol. The van der Waals surface area contributed by atoms with Gasteiger partial charge in [0.15, 0.2) is 0 Å². The molecule has 3 fully saturated rings. The molecule has 3 unspecified atom stereocenters. The average Bonchev–Trinajstić information content (AvgIpc) is 2.84. The lowest BCUT2D eigenvalue weighted by Crippen LogP contribution is -2.39. The first-order valence-corrected chi connectivity index (χ1v) is 12.7. The Balaban J connectivity index is 1.50. The van der Waals surface area contributed by atoms with Crippen molar-refractivity contribution in [1.29, 1.82) is 0 Å². The van der Waals surface area contributed by atoms with Crippen molar-refractivity contribution in [3.05, 3.63) is 35.5 Å². The second-order valence-corrected chi connectivity index (χ2v) is 10.3. The second kappa shape index (κ2) is 12.3. The third-order valence-corrected chi connectivity index (χ3v) is 8.01. The highest BCUT2D eigenvalue weighted by Crippen LogP contribution is 2.33. The highest BCUT2D eigenvalue weighted by molar-refractivity contribution is 5.36. The molecule has 0 spiro atoms. The number of aliphatic hydroxyl groups excluding tert-OH is 1. The number of alkyl halides is 2. The van der Waals surface area contributed by atoms with Crippen LogP contribution in [0, 0.1) is 17.8 Å². The lowest BCUT2D eigenvalue weighted by molar-refractivity contribution is 0.0253. The van der Waals surface area contributed by atoms with Crippen LogP contribution >= 0.6 is 0 Å². The summed E-state index contributed by atoms with van der Waals surface area (Å²) in [4.78, 5) is 2.29. The van der Waals surface area contributed by atoms with Crippen molar-refractivity contribution in [2.24, 2.45) is 17.8 Å². The molecule has 4 heteroatoms. The van der Waals surface area contributed by atoms with Gasteiger partial charge in [-0.3, -0.25) is 0 Å². The van der Waals surface area contributed by atoms with E-state index in [-0.39, 0.29) is 6.10 Å². The largest absolute Gasteiger partial charge is 0.388 e. The standard InChI is InChI=1S/C27H43F2NO/c1-20-7-3-8-22(14-15-24-11-5-13-26(31)21(24)2)9-4-10-23(20)16-18-30-17-6-12-25(19-30)27(28)29/h14-15,20,23,25-27,31H,2-13,16-19H2,1H3/b22-14+,24-15-/t20?,23-,25?,26?/m1/s1. The Morgan fingerprint density at radius 2 is 1.77 bits per heavy atom. The molecule has 2 aliphatic carbocycles. The molecule has 176 valence electrons. The molecule has 0 aromatic carbocycles. The van der Waals surface area contributed by atoms with Gasteiger partial charge in [-0.1, -0.05) is 37.6 Å². The third-order valence-electron chi connectivity index (χ3n) is 8.01. The third kappa shape index (κ3) is 7.53. The molecular weight excluding hydrogens is 392 g/mol. The minimum Gasteiger partial charge on any atom is -0.388 e. The van der Waals surface area contributed by atoms with Crippen molar-refractivity contribution in [2.75, 3.05) is 19.6 Å². The summed E-state index contributed by atoms with van der Waals surface area (Å²) in [5, 5.41) is 10.0. The number of aliphatic hydroxyl groups is 1. The van der Waals surface area contributed by atoms with Gasteiger partial charge in [-0.05, 0) is 107 Å². The smallest absolute Gasteiger partial charge is 0.242 e. The van der Waals surface area contributed by atoms with Crippen LogP contribution < -0.4 is 0 Å². The van der Waals surface area contributed by atoms with Crippen LogP contribution in [-0.2, 0) is 0 Å². The number of nitrogens with zero attached hydrogens (tertiary/aromatic N) is 1. The Kier molecular flexibility index (Phi) is 9.77. The quantitative estimate of drug-likeness (QED) is 0.507. The van der Waals surface area contributed by atoms with E-state index >= 15 is 0 Å². The molecule has 1 aliphatic heterocycles. The molecule has 0 bridgehead atoms. The number of hydrogen-bond acceptors (Lipinski definition) is 2. The molecule has 2 saturated carbocycles. The molecule has 1 heterocycles. The van der Waals surface area contributed by atoms with Crippen LogP contribution in [0.1, 0.15) is 84.0 Å². The fourth-order valence-corrected chi connectivity index (χ4v) is 5.78. The summed E-state index contributed by atoms with van der Waals surface area (Å²) in [6, 6.07) is 0. The fourth-order valence-electron chi connectivity index (χ4n) is 5.78. The van der Waals surface area contributed by atoms with E-state index in [4.69, 9.17) is 0 Å². The van der Waals surface area contributed by atoms with E-state index in [0.717, 1.165) is 63.6 Å². The van der Waals surface area contributed by atoms with Gasteiger partial charge in [0, 0.05) is 12.5 Å². The number of halogens is 2. The molecule has 2 nitrogen and oxygen atoms in total. The second-order valence-electron chi connectivity index (χ2n) is 10.3. The fraction of sp³-hybridized carbons (Fsp3) is 0.778. The molecule has 3 rings (SSSR count). The minimum absolute atomic E-state index is 0.364. The van der Waals surface area contributed by atoms with Gasteiger partial charge < -0.3 is 10.0 Å². The minimum atomic E-state index is -2.17. The predicted molar refractivity (Wildman–Crippen MR) is 125 cm³/mol. The SMILES string of the molecule is C=C1/C(=C\C=C2/CCCC(C)[C@@H](CCN3CCCC(C(F)F)C3)CCC2)CCCC1O. The summed E-state index contributed by atoms with van der Waals surface area (Å²) in [7, 11) is 0. The molecule has 1 N–H and O–H groups in total. The summed E-state index contributed by atoms with van der Waals surface area (Å²) >= 11 is 0. The molecule has 0 aromatic heterocycles. The van der Waals surface area contributed by atoms with Crippen LogP contribution in [0.15, 0.2) is 35.5 Å². The molecule has 3 aliphatic rings. The van der Waals surface area contributed by atoms with Gasteiger partial charge in [-0.25, -0.2) is 8.78 Å². The first-order chi connectivity index (χ1) is 14.9. The summed E-state index contributed by atoms with van der Waals surface area (Å²) in [6.07, 6.45) is 14.9. The molecule has 4 atom stereocenters. The Hall–Kier alpha value is -1.00. The Morgan fingerprint density at radius 3 is 2.55 bits per heavy atom. The summed E-state index contributed by atoms with van der Waals surface area (Å²) in [5.41, 5.74) is 3.66. The molecule has 31 heavy (non-hydrogen) atoms. The number of hydrogen-bond donors (Lipinski definition) is 1. The normalized spacial score (nSPS) is 34.7. The van der Waals surface area contributed by atoms with Crippen molar-refractivity contribution in [3.8, 4) is 0 Å². The van der Waals surface area contributed by atoms with Crippen LogP contribution in [0.4, 0.5) is 8.78 Å². The topological polar surface area (TPSA) is 23.5 Å². The number of allylic oxidation sites excluding steroid dienone is 3. The van der Waals surface area contributed by atoms with E-state index in [1.54, 1.807) is 0 Å². The van der Waals surface area contributed by atoms with Crippen LogP contribution in [0.5, 0.6) is 0 Å². The Labute approximate surface area is 188 Å². The van der Waals surface area contributed by atoms with Crippen molar-refractivity contribution in [3.63, 3.8) is 0 Å². The van der Waals surface area contributed by atoms with E-state index in [2.05, 4.69) is 30.6 Å². The molecule has 0 amide bonds. The zero-order valence-corrected chi connectivity index (χ0v) is 19.5. The number of rotatable bonds is 5. The van der Waals surface area contributed by atoms with E-state index in [1.807, 2.05) is 0 Å². The van der Waals surface area contributed by atoms with Crippen LogP contribution in [-0.4, -0.2) is 42.2 Å². The van der Waals surface area contributed by atoms with Gasteiger partial charge in [-0.15, -0.1) is 0 Å². The number of likely N-dealkylation sites (tertiary alicyclic amines) is 1. The maximum Gasteiger partial charge on any atom is 0.242 e. The molecular formula is C27H43F2NO. The monoisotopic (exact) mass is 435 g/mol. The number of piperidine rings is 1. The van der Waals surface area contributed by atoms with Gasteiger partial charge in [0.1, 0.15) is 0 Å². The van der Waals surface area contributed by atoms with Crippen molar-refractivity contribution in [1.82, 2.24) is 4.90 Å². The van der Waals surface area contributed by atoms with Gasteiger partial charge >= 0.3 is 0 Å². The maximum absolute atomic E-state index is 13.1. The zero-order chi connectivity index (χ0) is 22.2. The van der Waals surface area contributed by atoms with Gasteiger partial charge in [0.2, 0.25) is 6.43 Å². The lowest BCUT2D eigenvalue weighted by Gasteiger charge is -2.34. The highest BCUT2D eigenvalue weighted by atomic mass is 19.3. The van der Waals surface area contributed by atoms with Crippen LogP contribution in [0.25, 0.3) is 0 Å². The molecule has 0 aromatic rings. The summed E-state index contributed by atoms with van der Waals surface area (Å²) < 4.78 is 26.2. The van der Waals surface area contributed by atoms with E-state index in [9.17, 15) is 13.9 Å². The Bertz CT molecular complexity index is 641. The van der Waals surface area contributed by atoms with Gasteiger partial charge in [-0.2, -0.15) is 0 Å². The van der Waals surface area contributed by atoms with E-state index in [1.165, 1.54) is 36.8 Å². The maximum atomic E-state index is 13.1. The first-order valence-electron chi connectivity index (χ1n) is 12.7. The van der Waals surface area contributed by atoms with Crippen molar-refractivity contribution >= 4 is 0 Å². The predicted octanol–water partition coefficient (Wildman–Crippen LogP) is 6.91. The van der Waals surface area contributed by atoms with Crippen molar-refractivity contribution < 1.29 is 13.9 Å². The van der Waals surface area contributed by atoms with Gasteiger partial charge in [0.25, 0.3) is 0 Å². The zero-order valence-electron chi connectivity index (χ0n) is 19.5. The summed E-state index contributed by atoms with van der Waals surface area (Å²) in [5.74, 6) is 0.995. The Morgan fingerprint density at radius 1 is 1.03 bits per heavy atom. The molecule has 0 radical (unpaired) electrons.